The zero-order valence-electron chi connectivity index (χ0n) is 8.62. The Morgan fingerprint density at radius 1 is 1.25 bits per heavy atom. The second-order valence-electron chi connectivity index (χ2n) is 3.29. The highest BCUT2D eigenvalue weighted by atomic mass is 16.6. The average Bonchev–Trinajstić information content (AvgIpc) is 2.30. The SMILES string of the molecule is Cc1nc([N+](=O)[O-])cnc1-c1ccccc1. The quantitative estimate of drug-likeness (QED) is 0.569. The number of hydrogen-bond acceptors (Lipinski definition) is 4. The summed E-state index contributed by atoms with van der Waals surface area (Å²) in [5.41, 5.74) is 2.13. The van der Waals surface area contributed by atoms with Crippen LogP contribution >= 0.6 is 0 Å². The van der Waals surface area contributed by atoms with Crippen molar-refractivity contribution in [3.63, 3.8) is 0 Å². The summed E-state index contributed by atoms with van der Waals surface area (Å²) in [5, 5.41) is 10.5. The Hall–Kier alpha value is -2.30. The van der Waals surface area contributed by atoms with Gasteiger partial charge in [0, 0.05) is 12.5 Å². The first-order valence-electron chi connectivity index (χ1n) is 4.72. The minimum atomic E-state index is -0.547. The van der Waals surface area contributed by atoms with E-state index >= 15 is 0 Å². The lowest BCUT2D eigenvalue weighted by atomic mass is 10.1. The molecule has 0 atom stereocenters. The Labute approximate surface area is 91.9 Å². The van der Waals surface area contributed by atoms with E-state index in [-0.39, 0.29) is 5.82 Å². The summed E-state index contributed by atoms with van der Waals surface area (Å²) in [6.07, 6.45) is 1.18. The van der Waals surface area contributed by atoms with Crippen molar-refractivity contribution in [2.24, 2.45) is 0 Å². The van der Waals surface area contributed by atoms with Crippen LogP contribution in [-0.4, -0.2) is 14.9 Å². The van der Waals surface area contributed by atoms with Crippen molar-refractivity contribution in [1.82, 2.24) is 9.97 Å². The topological polar surface area (TPSA) is 68.9 Å². The number of benzene rings is 1. The molecule has 5 heteroatoms. The molecule has 2 aromatic rings. The molecule has 0 fully saturated rings. The van der Waals surface area contributed by atoms with Crippen LogP contribution in [-0.2, 0) is 0 Å². The molecule has 16 heavy (non-hydrogen) atoms. The molecule has 0 aliphatic heterocycles. The Morgan fingerprint density at radius 2 is 1.94 bits per heavy atom. The van der Waals surface area contributed by atoms with Gasteiger partial charge in [-0.15, -0.1) is 0 Å². The smallest absolute Gasteiger partial charge is 0.358 e. The number of rotatable bonds is 2. The Morgan fingerprint density at radius 3 is 2.50 bits per heavy atom. The fourth-order valence-electron chi connectivity index (χ4n) is 1.44. The molecule has 0 spiro atoms. The van der Waals surface area contributed by atoms with Crippen LogP contribution in [0.3, 0.4) is 0 Å². The van der Waals surface area contributed by atoms with Crippen LogP contribution < -0.4 is 0 Å². The molecule has 0 bridgehead atoms. The van der Waals surface area contributed by atoms with E-state index in [1.165, 1.54) is 6.20 Å². The molecule has 0 saturated heterocycles. The van der Waals surface area contributed by atoms with Gasteiger partial charge in [0.2, 0.25) is 0 Å². The standard InChI is InChI=1S/C11H9N3O2/c1-8-11(9-5-3-2-4-6-9)12-7-10(13-8)14(15)16/h2-7H,1H3. The Balaban J connectivity index is 2.48. The van der Waals surface area contributed by atoms with Crippen molar-refractivity contribution >= 4 is 5.82 Å². The van der Waals surface area contributed by atoms with Crippen LogP contribution in [0.2, 0.25) is 0 Å². The second-order valence-corrected chi connectivity index (χ2v) is 3.29. The van der Waals surface area contributed by atoms with Gasteiger partial charge in [0.15, 0.2) is 5.69 Å². The number of nitrogens with zero attached hydrogens (tertiary/aromatic N) is 3. The molecule has 80 valence electrons. The third-order valence-electron chi connectivity index (χ3n) is 2.17. The van der Waals surface area contributed by atoms with Gasteiger partial charge < -0.3 is 10.1 Å². The normalized spacial score (nSPS) is 10.1. The molecule has 0 N–H and O–H groups in total. The van der Waals surface area contributed by atoms with Gasteiger partial charge in [-0.2, -0.15) is 0 Å². The van der Waals surface area contributed by atoms with E-state index in [0.29, 0.717) is 11.4 Å². The maximum absolute atomic E-state index is 10.5. The van der Waals surface area contributed by atoms with Gasteiger partial charge in [-0.25, -0.2) is 4.98 Å². The summed E-state index contributed by atoms with van der Waals surface area (Å²) in [7, 11) is 0. The van der Waals surface area contributed by atoms with Gasteiger partial charge in [-0.05, 0) is 9.91 Å². The summed E-state index contributed by atoms with van der Waals surface area (Å²) in [6.45, 7) is 1.71. The number of hydrogen-bond donors (Lipinski definition) is 0. The number of aryl methyl sites for hydroxylation is 1. The van der Waals surface area contributed by atoms with Crippen LogP contribution in [0.4, 0.5) is 5.82 Å². The van der Waals surface area contributed by atoms with Crippen LogP contribution in [0.5, 0.6) is 0 Å². The molecule has 2 rings (SSSR count). The summed E-state index contributed by atoms with van der Waals surface area (Å²) in [5.74, 6) is -0.225. The largest absolute Gasteiger partial charge is 0.382 e. The van der Waals surface area contributed by atoms with Gasteiger partial charge in [0.25, 0.3) is 0 Å². The van der Waals surface area contributed by atoms with Crippen molar-refractivity contribution in [2.75, 3.05) is 0 Å². The minimum absolute atomic E-state index is 0.225. The van der Waals surface area contributed by atoms with E-state index in [2.05, 4.69) is 9.97 Å². The van der Waals surface area contributed by atoms with Crippen LogP contribution in [0.25, 0.3) is 11.3 Å². The molecule has 0 unspecified atom stereocenters. The molecule has 0 aliphatic rings. The third kappa shape index (κ3) is 1.88. The van der Waals surface area contributed by atoms with Crippen LogP contribution in [0, 0.1) is 17.0 Å². The highest BCUT2D eigenvalue weighted by Crippen LogP contribution is 2.20. The first kappa shape index (κ1) is 10.2. The lowest BCUT2D eigenvalue weighted by molar-refractivity contribution is -0.389. The van der Waals surface area contributed by atoms with Gasteiger partial charge in [-0.3, -0.25) is 0 Å². The van der Waals surface area contributed by atoms with Crippen LogP contribution in [0.15, 0.2) is 36.5 Å². The Bertz CT molecular complexity index is 526. The maximum atomic E-state index is 10.5. The summed E-state index contributed by atoms with van der Waals surface area (Å²) in [4.78, 5) is 17.9. The average molecular weight is 215 g/mol. The van der Waals surface area contributed by atoms with Crippen molar-refractivity contribution in [1.29, 1.82) is 0 Å². The molecule has 1 aromatic heterocycles. The van der Waals surface area contributed by atoms with E-state index < -0.39 is 4.92 Å². The first-order chi connectivity index (χ1) is 7.68. The molecule has 1 aromatic carbocycles. The van der Waals surface area contributed by atoms with Crippen molar-refractivity contribution in [2.45, 2.75) is 6.92 Å². The van der Waals surface area contributed by atoms with Gasteiger partial charge in [0.1, 0.15) is 11.9 Å². The zero-order valence-corrected chi connectivity index (χ0v) is 8.62. The molecule has 0 aliphatic carbocycles. The minimum Gasteiger partial charge on any atom is -0.358 e. The van der Waals surface area contributed by atoms with Gasteiger partial charge >= 0.3 is 5.82 Å². The monoisotopic (exact) mass is 215 g/mol. The maximum Gasteiger partial charge on any atom is 0.382 e. The lowest BCUT2D eigenvalue weighted by Crippen LogP contribution is -1.98. The van der Waals surface area contributed by atoms with E-state index in [1.54, 1.807) is 6.92 Å². The van der Waals surface area contributed by atoms with Crippen molar-refractivity contribution in [3.8, 4) is 11.3 Å². The number of nitro groups is 1. The summed E-state index contributed by atoms with van der Waals surface area (Å²) < 4.78 is 0. The number of aromatic nitrogens is 2. The predicted octanol–water partition coefficient (Wildman–Crippen LogP) is 2.36. The zero-order chi connectivity index (χ0) is 11.5. The molecule has 0 amide bonds. The summed E-state index contributed by atoms with van der Waals surface area (Å²) in [6, 6.07) is 9.46. The molecule has 0 saturated carbocycles. The fraction of sp³-hybridized carbons (Fsp3) is 0.0909. The highest BCUT2D eigenvalue weighted by Gasteiger charge is 2.13. The van der Waals surface area contributed by atoms with E-state index in [0.717, 1.165) is 5.56 Å². The summed E-state index contributed by atoms with van der Waals surface area (Å²) >= 11 is 0. The molecule has 5 nitrogen and oxygen atoms in total. The first-order valence-corrected chi connectivity index (χ1v) is 4.72. The Kier molecular flexibility index (Phi) is 2.59. The van der Waals surface area contributed by atoms with Gasteiger partial charge in [0.05, 0.1) is 0 Å². The van der Waals surface area contributed by atoms with Crippen molar-refractivity contribution in [3.05, 3.63) is 52.3 Å². The molecular formula is C11H9N3O2. The van der Waals surface area contributed by atoms with E-state index in [1.807, 2.05) is 30.3 Å². The third-order valence-corrected chi connectivity index (χ3v) is 2.17. The van der Waals surface area contributed by atoms with E-state index in [4.69, 9.17) is 0 Å². The second kappa shape index (κ2) is 4.06. The van der Waals surface area contributed by atoms with Crippen molar-refractivity contribution < 1.29 is 4.92 Å². The van der Waals surface area contributed by atoms with E-state index in [9.17, 15) is 10.1 Å². The molecule has 0 radical (unpaired) electrons. The molecular weight excluding hydrogens is 206 g/mol. The lowest BCUT2D eigenvalue weighted by Gasteiger charge is -2.00. The predicted molar refractivity (Wildman–Crippen MR) is 58.9 cm³/mol. The highest BCUT2D eigenvalue weighted by molar-refractivity contribution is 5.61. The van der Waals surface area contributed by atoms with Gasteiger partial charge in [-0.1, -0.05) is 30.3 Å². The van der Waals surface area contributed by atoms with Crippen LogP contribution in [0.1, 0.15) is 5.69 Å². The molecule has 1 heterocycles. The fourth-order valence-corrected chi connectivity index (χ4v) is 1.44.